The first-order valence-corrected chi connectivity index (χ1v) is 6.26. The van der Waals surface area contributed by atoms with E-state index < -0.39 is 0 Å². The molecule has 2 atom stereocenters. The van der Waals surface area contributed by atoms with Crippen molar-refractivity contribution in [3.05, 3.63) is 29.3 Å². The Kier molecular flexibility index (Phi) is 5.45. The summed E-state index contributed by atoms with van der Waals surface area (Å²) in [6.07, 6.45) is 1.94. The van der Waals surface area contributed by atoms with Crippen molar-refractivity contribution in [2.45, 2.75) is 32.7 Å². The molecule has 0 aromatic heterocycles. The number of rotatable bonds is 6. The van der Waals surface area contributed by atoms with Crippen LogP contribution < -0.4 is 16.2 Å². The average Bonchev–Trinajstić information content (AvgIpc) is 2.37. The van der Waals surface area contributed by atoms with Gasteiger partial charge in [0.15, 0.2) is 0 Å². The summed E-state index contributed by atoms with van der Waals surface area (Å²) >= 11 is 0. The Morgan fingerprint density at radius 3 is 2.59 bits per heavy atom. The van der Waals surface area contributed by atoms with Crippen molar-refractivity contribution >= 4 is 0 Å². The quantitative estimate of drug-likeness (QED) is 0.796. The molecule has 0 amide bonds. The van der Waals surface area contributed by atoms with E-state index in [0.717, 1.165) is 24.2 Å². The van der Waals surface area contributed by atoms with Gasteiger partial charge in [0.1, 0.15) is 5.75 Å². The van der Waals surface area contributed by atoms with Crippen LogP contribution in [0.1, 0.15) is 37.4 Å². The van der Waals surface area contributed by atoms with E-state index in [1.165, 1.54) is 5.56 Å². The summed E-state index contributed by atoms with van der Waals surface area (Å²) in [5.74, 6) is 1.24. The van der Waals surface area contributed by atoms with Crippen molar-refractivity contribution in [1.29, 1.82) is 0 Å². The van der Waals surface area contributed by atoms with Gasteiger partial charge in [0.25, 0.3) is 0 Å². The lowest BCUT2D eigenvalue weighted by molar-refractivity contribution is 0.385. The second-order valence-corrected chi connectivity index (χ2v) is 4.51. The molecule has 0 aliphatic rings. The lowest BCUT2D eigenvalue weighted by atomic mass is 9.91. The van der Waals surface area contributed by atoms with Gasteiger partial charge >= 0.3 is 0 Å². The van der Waals surface area contributed by atoms with E-state index in [-0.39, 0.29) is 6.04 Å². The van der Waals surface area contributed by atoms with Crippen LogP contribution in [0.15, 0.2) is 18.2 Å². The monoisotopic (exact) mass is 236 g/mol. The van der Waals surface area contributed by atoms with Crippen LogP contribution >= 0.6 is 0 Å². The van der Waals surface area contributed by atoms with Crippen molar-refractivity contribution in [2.75, 3.05) is 13.7 Å². The maximum atomic E-state index is 6.29. The van der Waals surface area contributed by atoms with Gasteiger partial charge in [-0.3, -0.25) is 0 Å². The highest BCUT2D eigenvalue weighted by atomic mass is 16.5. The molecule has 96 valence electrons. The van der Waals surface area contributed by atoms with Gasteiger partial charge in [-0.25, -0.2) is 0 Å². The largest absolute Gasteiger partial charge is 0.496 e. The van der Waals surface area contributed by atoms with Crippen LogP contribution in [0.2, 0.25) is 0 Å². The van der Waals surface area contributed by atoms with Gasteiger partial charge in [-0.1, -0.05) is 26.0 Å². The van der Waals surface area contributed by atoms with Crippen LogP contribution in [0.5, 0.6) is 5.75 Å². The second-order valence-electron chi connectivity index (χ2n) is 4.51. The van der Waals surface area contributed by atoms with Gasteiger partial charge in [-0.2, -0.15) is 0 Å². The van der Waals surface area contributed by atoms with E-state index in [9.17, 15) is 0 Å². The number of hydrogen-bond acceptors (Lipinski definition) is 3. The topological polar surface area (TPSA) is 61.3 Å². The van der Waals surface area contributed by atoms with Crippen LogP contribution in [-0.4, -0.2) is 13.7 Å². The summed E-state index contributed by atoms with van der Waals surface area (Å²) < 4.78 is 5.38. The fourth-order valence-corrected chi connectivity index (χ4v) is 2.01. The molecule has 0 fully saturated rings. The molecule has 0 saturated carbocycles. The zero-order valence-corrected chi connectivity index (χ0v) is 11.1. The first kappa shape index (κ1) is 14.0. The number of nitrogens with two attached hydrogens (primary N) is 2. The molecule has 1 aromatic rings. The van der Waals surface area contributed by atoms with Crippen LogP contribution in [0.4, 0.5) is 0 Å². The maximum absolute atomic E-state index is 6.29. The molecule has 0 heterocycles. The zero-order chi connectivity index (χ0) is 12.8. The molecule has 0 aliphatic carbocycles. The summed E-state index contributed by atoms with van der Waals surface area (Å²) in [6, 6.07) is 6.22. The minimum Gasteiger partial charge on any atom is -0.496 e. The minimum absolute atomic E-state index is 0.0139. The number of benzene rings is 1. The third-order valence-electron chi connectivity index (χ3n) is 3.30. The van der Waals surface area contributed by atoms with Crippen LogP contribution in [0.25, 0.3) is 0 Å². The number of aryl methyl sites for hydroxylation is 1. The molecule has 0 bridgehead atoms. The summed E-state index contributed by atoms with van der Waals surface area (Å²) in [5.41, 5.74) is 14.3. The Labute approximate surface area is 104 Å². The molecule has 1 rings (SSSR count). The first-order valence-electron chi connectivity index (χ1n) is 6.26. The highest BCUT2D eigenvalue weighted by Gasteiger charge is 2.18. The summed E-state index contributed by atoms with van der Waals surface area (Å²) in [5, 5.41) is 0. The summed E-state index contributed by atoms with van der Waals surface area (Å²) in [6.45, 7) is 4.95. The van der Waals surface area contributed by atoms with Crippen LogP contribution in [-0.2, 0) is 6.42 Å². The van der Waals surface area contributed by atoms with Crippen molar-refractivity contribution in [1.82, 2.24) is 0 Å². The molecule has 2 unspecified atom stereocenters. The standard InChI is InChI=1S/C14H24N2O/c1-4-11-5-6-13(17-3)12(9-11)14(16)10(2)7-8-15/h5-6,9-10,14H,4,7-8,15-16H2,1-3H3. The molecule has 3 nitrogen and oxygen atoms in total. The minimum atomic E-state index is -0.0139. The third-order valence-corrected chi connectivity index (χ3v) is 3.30. The predicted octanol–water partition coefficient (Wildman–Crippen LogP) is 2.24. The molecule has 0 spiro atoms. The van der Waals surface area contributed by atoms with E-state index in [4.69, 9.17) is 16.2 Å². The Morgan fingerprint density at radius 1 is 1.35 bits per heavy atom. The summed E-state index contributed by atoms with van der Waals surface area (Å²) in [4.78, 5) is 0. The van der Waals surface area contributed by atoms with Crippen LogP contribution in [0, 0.1) is 5.92 Å². The predicted molar refractivity (Wildman–Crippen MR) is 72.1 cm³/mol. The molecular weight excluding hydrogens is 212 g/mol. The number of hydrogen-bond donors (Lipinski definition) is 2. The number of ether oxygens (including phenoxy) is 1. The van der Waals surface area contributed by atoms with Crippen molar-refractivity contribution in [2.24, 2.45) is 17.4 Å². The Morgan fingerprint density at radius 2 is 2.06 bits per heavy atom. The molecule has 3 heteroatoms. The fraction of sp³-hybridized carbons (Fsp3) is 0.571. The van der Waals surface area contributed by atoms with Gasteiger partial charge in [-0.05, 0) is 36.9 Å². The normalized spacial score (nSPS) is 14.4. The molecule has 0 aliphatic heterocycles. The molecule has 0 saturated heterocycles. The van der Waals surface area contributed by atoms with Crippen molar-refractivity contribution in [3.8, 4) is 5.75 Å². The van der Waals surface area contributed by atoms with Crippen molar-refractivity contribution in [3.63, 3.8) is 0 Å². The second kappa shape index (κ2) is 6.62. The van der Waals surface area contributed by atoms with E-state index in [1.54, 1.807) is 7.11 Å². The Balaban J connectivity index is 3.00. The van der Waals surface area contributed by atoms with Gasteiger partial charge in [-0.15, -0.1) is 0 Å². The lowest BCUT2D eigenvalue weighted by Gasteiger charge is -2.22. The third kappa shape index (κ3) is 3.45. The lowest BCUT2D eigenvalue weighted by Crippen LogP contribution is -2.22. The highest BCUT2D eigenvalue weighted by Crippen LogP contribution is 2.30. The number of methoxy groups -OCH3 is 1. The van der Waals surface area contributed by atoms with E-state index in [1.807, 2.05) is 6.07 Å². The van der Waals surface area contributed by atoms with Gasteiger partial charge in [0.05, 0.1) is 7.11 Å². The van der Waals surface area contributed by atoms with Crippen LogP contribution in [0.3, 0.4) is 0 Å². The summed E-state index contributed by atoms with van der Waals surface area (Å²) in [7, 11) is 1.69. The van der Waals surface area contributed by atoms with Gasteiger partial charge in [0, 0.05) is 11.6 Å². The smallest absolute Gasteiger partial charge is 0.123 e. The zero-order valence-electron chi connectivity index (χ0n) is 11.1. The molecule has 0 radical (unpaired) electrons. The van der Waals surface area contributed by atoms with E-state index in [0.29, 0.717) is 12.5 Å². The Hall–Kier alpha value is -1.06. The van der Waals surface area contributed by atoms with Gasteiger partial charge in [0.2, 0.25) is 0 Å². The molecular formula is C14H24N2O. The average molecular weight is 236 g/mol. The van der Waals surface area contributed by atoms with E-state index in [2.05, 4.69) is 26.0 Å². The molecule has 4 N–H and O–H groups in total. The highest BCUT2D eigenvalue weighted by molar-refractivity contribution is 5.39. The SMILES string of the molecule is CCc1ccc(OC)c(C(N)C(C)CCN)c1. The molecule has 1 aromatic carbocycles. The van der Waals surface area contributed by atoms with Gasteiger partial charge < -0.3 is 16.2 Å². The fourth-order valence-electron chi connectivity index (χ4n) is 2.01. The first-order chi connectivity index (χ1) is 8.13. The molecule has 17 heavy (non-hydrogen) atoms. The van der Waals surface area contributed by atoms with E-state index >= 15 is 0 Å². The maximum Gasteiger partial charge on any atom is 0.123 e. The van der Waals surface area contributed by atoms with Crippen molar-refractivity contribution < 1.29 is 4.74 Å². The Bertz CT molecular complexity index is 352.